The van der Waals surface area contributed by atoms with Crippen LogP contribution in [0.4, 0.5) is 10.1 Å². The van der Waals surface area contributed by atoms with Gasteiger partial charge in [-0.3, -0.25) is 4.79 Å². The zero-order valence-corrected chi connectivity index (χ0v) is 17.6. The smallest absolute Gasteiger partial charge is 0.246 e. The molecule has 1 aliphatic heterocycles. The molecule has 0 aliphatic carbocycles. The Morgan fingerprint density at radius 3 is 2.52 bits per heavy atom. The highest BCUT2D eigenvalue weighted by molar-refractivity contribution is 7.89. The van der Waals surface area contributed by atoms with Crippen molar-refractivity contribution >= 4 is 21.6 Å². The van der Waals surface area contributed by atoms with E-state index < -0.39 is 21.8 Å². The predicted octanol–water partition coefficient (Wildman–Crippen LogP) is 3.49. The number of carbonyl (C=O) groups excluding carboxylic acids is 1. The van der Waals surface area contributed by atoms with Crippen LogP contribution in [0.3, 0.4) is 0 Å². The highest BCUT2D eigenvalue weighted by Crippen LogP contribution is 2.30. The summed E-state index contributed by atoms with van der Waals surface area (Å²) in [5.74, 6) is -1.29. The molecule has 1 fully saturated rings. The van der Waals surface area contributed by atoms with E-state index >= 15 is 0 Å². The van der Waals surface area contributed by atoms with Gasteiger partial charge in [0.2, 0.25) is 15.9 Å². The van der Waals surface area contributed by atoms with Gasteiger partial charge in [0.25, 0.3) is 0 Å². The monoisotopic (exact) mass is 420 g/mol. The molecule has 2 aromatic rings. The van der Waals surface area contributed by atoms with Crippen molar-refractivity contribution in [3.8, 4) is 5.75 Å². The summed E-state index contributed by atoms with van der Waals surface area (Å²) in [4.78, 5) is 12.5. The van der Waals surface area contributed by atoms with Crippen LogP contribution in [-0.2, 0) is 14.8 Å². The van der Waals surface area contributed by atoms with Gasteiger partial charge in [0.15, 0.2) is 0 Å². The SMILES string of the molecule is COc1ccc(F)cc1S(=O)(=O)N1CCC[C@@H](C(=O)Nc2cc(C)cc(C)c2)C1. The molecule has 0 radical (unpaired) electrons. The van der Waals surface area contributed by atoms with Gasteiger partial charge < -0.3 is 10.1 Å². The van der Waals surface area contributed by atoms with Crippen molar-refractivity contribution in [2.24, 2.45) is 5.92 Å². The highest BCUT2D eigenvalue weighted by Gasteiger charge is 2.35. The Hall–Kier alpha value is -2.45. The molecule has 0 saturated carbocycles. The summed E-state index contributed by atoms with van der Waals surface area (Å²) in [6.45, 7) is 4.21. The molecule has 8 heteroatoms. The lowest BCUT2D eigenvalue weighted by molar-refractivity contribution is -0.120. The normalized spacial score (nSPS) is 17.7. The third-order valence-corrected chi connectivity index (χ3v) is 6.87. The molecule has 1 heterocycles. The van der Waals surface area contributed by atoms with Gasteiger partial charge in [0.05, 0.1) is 13.0 Å². The summed E-state index contributed by atoms with van der Waals surface area (Å²) in [7, 11) is -2.66. The molecular formula is C21H25FN2O4S. The molecule has 1 N–H and O–H groups in total. The third-order valence-electron chi connectivity index (χ3n) is 4.99. The first-order valence-corrected chi connectivity index (χ1v) is 10.9. The fourth-order valence-corrected chi connectivity index (χ4v) is 5.35. The Bertz CT molecular complexity index is 1000. The number of amides is 1. The molecule has 0 spiro atoms. The van der Waals surface area contributed by atoms with Crippen molar-refractivity contribution in [3.63, 3.8) is 0 Å². The van der Waals surface area contributed by atoms with Gasteiger partial charge >= 0.3 is 0 Å². The van der Waals surface area contributed by atoms with E-state index in [0.717, 1.165) is 23.3 Å². The molecule has 0 unspecified atom stereocenters. The van der Waals surface area contributed by atoms with Gasteiger partial charge in [-0.1, -0.05) is 6.07 Å². The number of rotatable bonds is 5. The molecule has 1 amide bonds. The molecule has 0 aromatic heterocycles. The van der Waals surface area contributed by atoms with Crippen molar-refractivity contribution < 1.29 is 22.3 Å². The maximum Gasteiger partial charge on any atom is 0.246 e. The van der Waals surface area contributed by atoms with Gasteiger partial charge in [0.1, 0.15) is 16.5 Å². The number of ether oxygens (including phenoxy) is 1. The van der Waals surface area contributed by atoms with Gasteiger partial charge in [-0.25, -0.2) is 12.8 Å². The highest BCUT2D eigenvalue weighted by atomic mass is 32.2. The quantitative estimate of drug-likeness (QED) is 0.803. The zero-order valence-electron chi connectivity index (χ0n) is 16.7. The number of nitrogens with one attached hydrogen (secondary N) is 1. The van der Waals surface area contributed by atoms with Crippen LogP contribution in [0, 0.1) is 25.6 Å². The van der Waals surface area contributed by atoms with Crippen LogP contribution in [0.5, 0.6) is 5.75 Å². The number of aryl methyl sites for hydroxylation is 2. The number of anilines is 1. The molecular weight excluding hydrogens is 395 g/mol. The minimum atomic E-state index is -3.99. The van der Waals surface area contributed by atoms with Crippen LogP contribution < -0.4 is 10.1 Å². The number of halogens is 1. The Balaban J connectivity index is 1.79. The van der Waals surface area contributed by atoms with E-state index in [0.29, 0.717) is 18.5 Å². The molecule has 3 rings (SSSR count). The maximum absolute atomic E-state index is 13.7. The van der Waals surface area contributed by atoms with Gasteiger partial charge in [-0.15, -0.1) is 0 Å². The molecule has 2 aromatic carbocycles. The predicted molar refractivity (Wildman–Crippen MR) is 109 cm³/mol. The zero-order chi connectivity index (χ0) is 21.2. The summed E-state index contributed by atoms with van der Waals surface area (Å²) in [5.41, 5.74) is 2.76. The van der Waals surface area contributed by atoms with Gasteiger partial charge in [-0.05, 0) is 68.1 Å². The minimum Gasteiger partial charge on any atom is -0.495 e. The van der Waals surface area contributed by atoms with Crippen molar-refractivity contribution in [1.82, 2.24) is 4.31 Å². The number of sulfonamides is 1. The lowest BCUT2D eigenvalue weighted by Crippen LogP contribution is -2.43. The average Bonchev–Trinajstić information content (AvgIpc) is 2.67. The first-order valence-electron chi connectivity index (χ1n) is 9.43. The number of carbonyl (C=O) groups is 1. The average molecular weight is 421 g/mol. The molecule has 0 bridgehead atoms. The second-order valence-electron chi connectivity index (χ2n) is 7.36. The van der Waals surface area contributed by atoms with E-state index in [1.165, 1.54) is 17.5 Å². The number of methoxy groups -OCH3 is 1. The van der Waals surface area contributed by atoms with E-state index in [1.807, 2.05) is 32.0 Å². The van der Waals surface area contributed by atoms with Crippen molar-refractivity contribution in [1.29, 1.82) is 0 Å². The van der Waals surface area contributed by atoms with Crippen LogP contribution in [0.25, 0.3) is 0 Å². The van der Waals surface area contributed by atoms with Gasteiger partial charge in [0, 0.05) is 18.8 Å². The number of nitrogens with zero attached hydrogens (tertiary/aromatic N) is 1. The number of benzene rings is 2. The second kappa shape index (κ2) is 8.51. The molecule has 1 saturated heterocycles. The van der Waals surface area contributed by atoms with E-state index in [2.05, 4.69) is 5.32 Å². The van der Waals surface area contributed by atoms with Crippen LogP contribution in [0.1, 0.15) is 24.0 Å². The summed E-state index contributed by atoms with van der Waals surface area (Å²) in [5, 5.41) is 2.89. The standard InChI is InChI=1S/C21H25FN2O4S/c1-14-9-15(2)11-18(10-14)23-21(25)16-5-4-8-24(13-16)29(26,27)20-12-17(22)6-7-19(20)28-3/h6-7,9-12,16H,4-5,8,13H2,1-3H3,(H,23,25)/t16-/m1/s1. The Morgan fingerprint density at radius 1 is 1.17 bits per heavy atom. The second-order valence-corrected chi connectivity index (χ2v) is 9.27. The Labute approximate surface area is 170 Å². The summed E-state index contributed by atoms with van der Waals surface area (Å²) in [6.07, 6.45) is 1.13. The fraction of sp³-hybridized carbons (Fsp3) is 0.381. The summed E-state index contributed by atoms with van der Waals surface area (Å²) in [6, 6.07) is 9.15. The number of hydrogen-bond donors (Lipinski definition) is 1. The number of hydrogen-bond acceptors (Lipinski definition) is 4. The van der Waals surface area contributed by atoms with E-state index in [-0.39, 0.29) is 29.6 Å². The Kier molecular flexibility index (Phi) is 6.24. The number of piperidine rings is 1. The van der Waals surface area contributed by atoms with Crippen molar-refractivity contribution in [3.05, 3.63) is 53.3 Å². The molecule has 156 valence electrons. The lowest BCUT2D eigenvalue weighted by atomic mass is 9.98. The van der Waals surface area contributed by atoms with Gasteiger partial charge in [-0.2, -0.15) is 4.31 Å². The third kappa shape index (κ3) is 4.76. The van der Waals surface area contributed by atoms with Crippen molar-refractivity contribution in [2.75, 3.05) is 25.5 Å². The summed E-state index contributed by atoms with van der Waals surface area (Å²) >= 11 is 0. The molecule has 6 nitrogen and oxygen atoms in total. The van der Waals surface area contributed by atoms with Crippen LogP contribution >= 0.6 is 0 Å². The first kappa shape index (κ1) is 21.3. The molecule has 29 heavy (non-hydrogen) atoms. The Morgan fingerprint density at radius 2 is 1.86 bits per heavy atom. The van der Waals surface area contributed by atoms with E-state index in [9.17, 15) is 17.6 Å². The van der Waals surface area contributed by atoms with Crippen molar-refractivity contribution in [2.45, 2.75) is 31.6 Å². The maximum atomic E-state index is 13.7. The fourth-order valence-electron chi connectivity index (χ4n) is 3.66. The van der Waals surface area contributed by atoms with E-state index in [1.54, 1.807) is 0 Å². The van der Waals surface area contributed by atoms with E-state index in [4.69, 9.17) is 4.74 Å². The topological polar surface area (TPSA) is 75.7 Å². The first-order chi connectivity index (χ1) is 13.7. The van der Waals surface area contributed by atoms with Crippen LogP contribution in [-0.4, -0.2) is 38.8 Å². The largest absolute Gasteiger partial charge is 0.495 e. The lowest BCUT2D eigenvalue weighted by Gasteiger charge is -2.31. The van der Waals surface area contributed by atoms with Crippen LogP contribution in [0.15, 0.2) is 41.3 Å². The molecule has 1 aliphatic rings. The van der Waals surface area contributed by atoms with Crippen LogP contribution in [0.2, 0.25) is 0 Å². The molecule has 1 atom stereocenters. The summed E-state index contributed by atoms with van der Waals surface area (Å²) < 4.78 is 46.2. The minimum absolute atomic E-state index is 0.0403.